The van der Waals surface area contributed by atoms with Crippen molar-refractivity contribution in [2.45, 2.75) is 31.5 Å². The lowest BCUT2D eigenvalue weighted by Crippen LogP contribution is -2.33. The van der Waals surface area contributed by atoms with Gasteiger partial charge in [0.05, 0.1) is 5.56 Å². The van der Waals surface area contributed by atoms with Gasteiger partial charge in [-0.25, -0.2) is 4.98 Å². The van der Waals surface area contributed by atoms with Gasteiger partial charge in [-0.05, 0) is 48.1 Å². The van der Waals surface area contributed by atoms with E-state index >= 15 is 0 Å². The molecule has 0 bridgehead atoms. The molecule has 1 fully saturated rings. The van der Waals surface area contributed by atoms with Crippen molar-refractivity contribution < 1.29 is 13.2 Å². The minimum Gasteiger partial charge on any atom is -0.357 e. The molecule has 0 N–H and O–H groups in total. The van der Waals surface area contributed by atoms with Gasteiger partial charge in [-0.3, -0.25) is 0 Å². The summed E-state index contributed by atoms with van der Waals surface area (Å²) in [5.74, 6) is 1.03. The molecule has 0 amide bonds. The zero-order valence-electron chi connectivity index (χ0n) is 18.5. The second kappa shape index (κ2) is 8.62. The molecular formula is C26H25BF3N3. The number of fused-ring (bicyclic) bond motifs is 1. The molecule has 4 aromatic rings. The lowest BCUT2D eigenvalue weighted by atomic mass is 9.89. The van der Waals surface area contributed by atoms with E-state index in [1.54, 1.807) is 0 Å². The van der Waals surface area contributed by atoms with Crippen molar-refractivity contribution >= 4 is 30.0 Å². The second-order valence-electron chi connectivity index (χ2n) is 8.88. The normalized spacial score (nSPS) is 15.3. The van der Waals surface area contributed by atoms with Crippen molar-refractivity contribution in [3.8, 4) is 0 Å². The van der Waals surface area contributed by atoms with Crippen molar-refractivity contribution in [1.29, 1.82) is 0 Å². The number of rotatable bonds is 4. The summed E-state index contributed by atoms with van der Waals surface area (Å²) in [4.78, 5) is 6.16. The maximum Gasteiger partial charge on any atom is 0.417 e. The van der Waals surface area contributed by atoms with Gasteiger partial charge in [-0.2, -0.15) is 13.2 Å². The Balaban J connectivity index is 1.34. The number of benzene rings is 2. The molecule has 1 saturated heterocycles. The van der Waals surface area contributed by atoms with E-state index in [1.807, 2.05) is 0 Å². The Morgan fingerprint density at radius 3 is 2.33 bits per heavy atom. The molecule has 2 aromatic carbocycles. The first-order chi connectivity index (χ1) is 15.9. The predicted molar refractivity (Wildman–Crippen MR) is 129 cm³/mol. The van der Waals surface area contributed by atoms with Crippen LogP contribution in [0.25, 0.3) is 10.9 Å². The highest BCUT2D eigenvalue weighted by Gasteiger charge is 2.31. The predicted octanol–water partition coefficient (Wildman–Crippen LogP) is 4.75. The summed E-state index contributed by atoms with van der Waals surface area (Å²) >= 11 is 0. The fourth-order valence-electron chi connectivity index (χ4n) is 4.78. The van der Waals surface area contributed by atoms with Crippen molar-refractivity contribution in [1.82, 2.24) is 9.55 Å². The van der Waals surface area contributed by atoms with Crippen molar-refractivity contribution in [2.24, 2.45) is 0 Å². The van der Waals surface area contributed by atoms with Crippen LogP contribution < -0.4 is 10.4 Å². The summed E-state index contributed by atoms with van der Waals surface area (Å²) in [6, 6.07) is 19.8. The molecular weight excluding hydrogens is 422 g/mol. The Morgan fingerprint density at radius 1 is 0.939 bits per heavy atom. The highest BCUT2D eigenvalue weighted by Crippen LogP contribution is 2.36. The quantitative estimate of drug-likeness (QED) is 0.422. The first kappa shape index (κ1) is 21.6. The minimum absolute atomic E-state index is 0.417. The molecule has 3 heterocycles. The summed E-state index contributed by atoms with van der Waals surface area (Å²) in [5, 5.41) is 1.29. The Labute approximate surface area is 192 Å². The molecule has 0 radical (unpaired) electrons. The van der Waals surface area contributed by atoms with Gasteiger partial charge in [0, 0.05) is 42.9 Å². The summed E-state index contributed by atoms with van der Waals surface area (Å²) in [6.45, 7) is 2.39. The number of aromatic nitrogens is 2. The van der Waals surface area contributed by atoms with Crippen molar-refractivity contribution in [3.05, 3.63) is 89.7 Å². The first-order valence-corrected chi connectivity index (χ1v) is 11.3. The molecule has 3 nitrogen and oxygen atoms in total. The van der Waals surface area contributed by atoms with Gasteiger partial charge in [0.25, 0.3) is 0 Å². The number of anilines is 1. The molecule has 1 aliphatic rings. The van der Waals surface area contributed by atoms with Gasteiger partial charge in [-0.15, -0.1) is 0 Å². The van der Waals surface area contributed by atoms with Crippen LogP contribution in [0.5, 0.6) is 0 Å². The smallest absolute Gasteiger partial charge is 0.357 e. The van der Waals surface area contributed by atoms with Gasteiger partial charge in [0.15, 0.2) is 0 Å². The van der Waals surface area contributed by atoms with E-state index in [9.17, 15) is 13.2 Å². The third-order valence-electron chi connectivity index (χ3n) is 6.63. The number of nitrogens with zero attached hydrogens (tertiary/aromatic N) is 3. The molecule has 0 saturated carbocycles. The minimum atomic E-state index is -4.36. The Kier molecular flexibility index (Phi) is 5.65. The van der Waals surface area contributed by atoms with Gasteiger partial charge in [0.1, 0.15) is 13.7 Å². The van der Waals surface area contributed by atoms with Crippen LogP contribution in [0.3, 0.4) is 0 Å². The highest BCUT2D eigenvalue weighted by molar-refractivity contribution is 6.32. The van der Waals surface area contributed by atoms with Gasteiger partial charge in [0.2, 0.25) is 0 Å². The molecule has 7 heteroatoms. The average Bonchev–Trinajstić information content (AvgIpc) is 3.19. The van der Waals surface area contributed by atoms with Crippen LogP contribution >= 0.6 is 0 Å². The maximum absolute atomic E-state index is 12.8. The largest absolute Gasteiger partial charge is 0.417 e. The number of para-hydroxylation sites is 1. The van der Waals surface area contributed by atoms with Gasteiger partial charge < -0.3 is 9.47 Å². The summed E-state index contributed by atoms with van der Waals surface area (Å²) in [5.41, 5.74) is 4.42. The molecule has 0 spiro atoms. The standard InChI is InChI=1S/C26H25BF3N3/c27-21-8-5-18(6-9-21)16-33-17-23(22-3-1-2-4-24(22)33)19-11-13-32(14-12-19)25-10-7-20(15-31-25)26(28,29)30/h1-10,15,17,19H,11-14,16,27H2. The van der Waals surface area contributed by atoms with Crippen LogP contribution in [-0.4, -0.2) is 30.5 Å². The molecule has 2 aromatic heterocycles. The summed E-state index contributed by atoms with van der Waals surface area (Å²) < 4.78 is 40.8. The zero-order chi connectivity index (χ0) is 23.0. The lowest BCUT2D eigenvalue weighted by molar-refractivity contribution is -0.137. The first-order valence-electron chi connectivity index (χ1n) is 11.3. The van der Waals surface area contributed by atoms with Crippen LogP contribution in [0.2, 0.25) is 0 Å². The Bertz CT molecular complexity index is 1240. The summed E-state index contributed by atoms with van der Waals surface area (Å²) in [7, 11) is 2.10. The Morgan fingerprint density at radius 2 is 1.67 bits per heavy atom. The van der Waals surface area contributed by atoms with Crippen molar-refractivity contribution in [3.63, 3.8) is 0 Å². The van der Waals surface area contributed by atoms with E-state index in [0.717, 1.165) is 44.7 Å². The fourth-order valence-corrected chi connectivity index (χ4v) is 4.78. The topological polar surface area (TPSA) is 21.1 Å². The zero-order valence-corrected chi connectivity index (χ0v) is 18.5. The third-order valence-corrected chi connectivity index (χ3v) is 6.63. The lowest BCUT2D eigenvalue weighted by Gasteiger charge is -2.33. The van der Waals surface area contributed by atoms with E-state index in [-0.39, 0.29) is 0 Å². The van der Waals surface area contributed by atoms with Crippen LogP contribution in [0, 0.1) is 0 Å². The summed E-state index contributed by atoms with van der Waals surface area (Å²) in [6.07, 6.45) is 0.759. The molecule has 0 atom stereocenters. The van der Waals surface area contributed by atoms with E-state index in [4.69, 9.17) is 0 Å². The number of piperidine rings is 1. The highest BCUT2D eigenvalue weighted by atomic mass is 19.4. The average molecular weight is 447 g/mol. The van der Waals surface area contributed by atoms with Crippen LogP contribution in [0.1, 0.15) is 35.4 Å². The van der Waals surface area contributed by atoms with Crippen LogP contribution in [0.4, 0.5) is 19.0 Å². The van der Waals surface area contributed by atoms with Gasteiger partial charge >= 0.3 is 6.18 Å². The van der Waals surface area contributed by atoms with E-state index in [1.165, 1.54) is 33.6 Å². The number of alkyl halides is 3. The molecule has 168 valence electrons. The Hall–Kier alpha value is -3.22. The van der Waals surface area contributed by atoms with Crippen molar-refractivity contribution in [2.75, 3.05) is 18.0 Å². The molecule has 0 unspecified atom stereocenters. The fraction of sp³-hybridized carbons (Fsp3) is 0.269. The second-order valence-corrected chi connectivity index (χ2v) is 8.88. The third kappa shape index (κ3) is 4.49. The van der Waals surface area contributed by atoms with Crippen LogP contribution in [-0.2, 0) is 12.7 Å². The number of hydrogen-bond acceptors (Lipinski definition) is 2. The maximum atomic E-state index is 12.8. The number of hydrogen-bond donors (Lipinski definition) is 0. The van der Waals surface area contributed by atoms with Gasteiger partial charge in [-0.1, -0.05) is 47.9 Å². The monoisotopic (exact) mass is 447 g/mol. The van der Waals surface area contributed by atoms with Crippen LogP contribution in [0.15, 0.2) is 73.1 Å². The number of halogens is 3. The number of pyridine rings is 1. The molecule has 0 aliphatic carbocycles. The molecule has 5 rings (SSSR count). The van der Waals surface area contributed by atoms with E-state index in [0.29, 0.717) is 11.7 Å². The van der Waals surface area contributed by atoms with E-state index < -0.39 is 11.7 Å². The molecule has 33 heavy (non-hydrogen) atoms. The van der Waals surface area contributed by atoms with E-state index in [2.05, 4.69) is 77.0 Å². The molecule has 1 aliphatic heterocycles. The SMILES string of the molecule is Bc1ccc(Cn2cc(C3CCN(c4ccc(C(F)(F)F)cn4)CC3)c3ccccc32)cc1.